The van der Waals surface area contributed by atoms with Gasteiger partial charge in [0, 0.05) is 10.2 Å². The van der Waals surface area contributed by atoms with E-state index in [1.807, 2.05) is 45.0 Å². The van der Waals surface area contributed by atoms with Gasteiger partial charge in [-0.25, -0.2) is 4.98 Å². The van der Waals surface area contributed by atoms with Gasteiger partial charge >= 0.3 is 0 Å². The number of carbonyl (C=O) groups is 1. The van der Waals surface area contributed by atoms with Crippen LogP contribution in [0.5, 0.6) is 5.75 Å². The molecule has 1 N–H and O–H groups in total. The number of halogens is 1. The number of nitrogens with one attached hydrogen (secondary N) is 1. The predicted octanol–water partition coefficient (Wildman–Crippen LogP) is 3.79. The second-order valence-corrected chi connectivity index (χ2v) is 5.67. The maximum absolute atomic E-state index is 11.8. The van der Waals surface area contributed by atoms with E-state index >= 15 is 0 Å². The van der Waals surface area contributed by atoms with Crippen LogP contribution in [0.25, 0.3) is 0 Å². The van der Waals surface area contributed by atoms with E-state index in [1.165, 1.54) is 0 Å². The summed E-state index contributed by atoms with van der Waals surface area (Å²) < 4.78 is 6.58. The van der Waals surface area contributed by atoms with Crippen LogP contribution < -0.4 is 10.1 Å². The third kappa shape index (κ3) is 4.29. The summed E-state index contributed by atoms with van der Waals surface area (Å²) >= 11 is 3.50. The molecule has 2 aromatic rings. The van der Waals surface area contributed by atoms with Crippen LogP contribution >= 0.6 is 15.9 Å². The largest absolute Gasteiger partial charge is 0.484 e. The molecule has 0 aliphatic heterocycles. The number of aryl methyl sites for hydroxylation is 3. The van der Waals surface area contributed by atoms with Crippen molar-refractivity contribution in [2.24, 2.45) is 0 Å². The Morgan fingerprint density at radius 2 is 1.90 bits per heavy atom. The summed E-state index contributed by atoms with van der Waals surface area (Å²) in [5, 5.41) is 2.71. The van der Waals surface area contributed by atoms with Gasteiger partial charge in [-0.1, -0.05) is 22.0 Å². The first kappa shape index (κ1) is 15.5. The van der Waals surface area contributed by atoms with Crippen molar-refractivity contribution in [1.82, 2.24) is 4.98 Å². The van der Waals surface area contributed by atoms with Crippen LogP contribution in [-0.4, -0.2) is 17.5 Å². The van der Waals surface area contributed by atoms with E-state index in [9.17, 15) is 4.79 Å². The highest BCUT2D eigenvalue weighted by molar-refractivity contribution is 9.10. The Bertz CT molecular complexity index is 648. The lowest BCUT2D eigenvalue weighted by Crippen LogP contribution is -2.20. The minimum Gasteiger partial charge on any atom is -0.484 e. The normalized spacial score (nSPS) is 10.3. The van der Waals surface area contributed by atoms with Crippen molar-refractivity contribution >= 4 is 27.7 Å². The molecule has 0 aliphatic rings. The molecule has 1 aromatic heterocycles. The molecule has 4 nitrogen and oxygen atoms in total. The van der Waals surface area contributed by atoms with Gasteiger partial charge in [0.05, 0.1) is 0 Å². The number of aromatic nitrogens is 1. The first-order chi connectivity index (χ1) is 9.95. The molecular formula is C16H17BrN2O2. The SMILES string of the molecule is Cc1cccc(NC(=O)COc2cc(C)c(Br)c(C)c2)n1. The standard InChI is InChI=1S/C16H17BrN2O2/c1-10-7-13(8-11(2)16(10)17)21-9-15(20)19-14-6-4-5-12(3)18-14/h4-8H,9H2,1-3H3,(H,18,19,20). The Morgan fingerprint density at radius 1 is 1.24 bits per heavy atom. The number of ether oxygens (including phenoxy) is 1. The van der Waals surface area contributed by atoms with Crippen molar-refractivity contribution in [3.8, 4) is 5.75 Å². The zero-order valence-electron chi connectivity index (χ0n) is 12.2. The van der Waals surface area contributed by atoms with Crippen LogP contribution in [-0.2, 0) is 4.79 Å². The molecule has 1 heterocycles. The van der Waals surface area contributed by atoms with Crippen LogP contribution in [0.15, 0.2) is 34.8 Å². The average Bonchev–Trinajstić information content (AvgIpc) is 2.42. The monoisotopic (exact) mass is 348 g/mol. The number of pyridine rings is 1. The summed E-state index contributed by atoms with van der Waals surface area (Å²) in [6.45, 7) is 5.80. The highest BCUT2D eigenvalue weighted by Crippen LogP contribution is 2.26. The Kier molecular flexibility index (Phi) is 4.96. The molecular weight excluding hydrogens is 332 g/mol. The third-order valence-electron chi connectivity index (χ3n) is 2.94. The highest BCUT2D eigenvalue weighted by atomic mass is 79.9. The van der Waals surface area contributed by atoms with Crippen LogP contribution in [0.2, 0.25) is 0 Å². The highest BCUT2D eigenvalue weighted by Gasteiger charge is 2.07. The Labute approximate surface area is 132 Å². The molecule has 0 saturated carbocycles. The Morgan fingerprint density at radius 3 is 2.52 bits per heavy atom. The number of hydrogen-bond acceptors (Lipinski definition) is 3. The lowest BCUT2D eigenvalue weighted by Gasteiger charge is -2.10. The molecule has 110 valence electrons. The maximum atomic E-state index is 11.8. The first-order valence-electron chi connectivity index (χ1n) is 6.59. The molecule has 1 aromatic carbocycles. The second kappa shape index (κ2) is 6.72. The topological polar surface area (TPSA) is 51.2 Å². The first-order valence-corrected chi connectivity index (χ1v) is 7.38. The van der Waals surface area contributed by atoms with Gasteiger partial charge < -0.3 is 10.1 Å². The molecule has 0 saturated heterocycles. The zero-order valence-corrected chi connectivity index (χ0v) is 13.8. The van der Waals surface area contributed by atoms with Crippen molar-refractivity contribution in [3.63, 3.8) is 0 Å². The molecule has 0 radical (unpaired) electrons. The molecule has 2 rings (SSSR count). The van der Waals surface area contributed by atoms with Gasteiger partial charge in [0.15, 0.2) is 6.61 Å². The van der Waals surface area contributed by atoms with Gasteiger partial charge in [-0.2, -0.15) is 0 Å². The number of amides is 1. The van der Waals surface area contributed by atoms with E-state index in [2.05, 4.69) is 26.2 Å². The van der Waals surface area contributed by atoms with Crippen LogP contribution in [0.3, 0.4) is 0 Å². The molecule has 0 fully saturated rings. The number of carbonyl (C=O) groups excluding carboxylic acids is 1. The number of hydrogen-bond donors (Lipinski definition) is 1. The van der Waals surface area contributed by atoms with Crippen molar-refractivity contribution in [2.75, 3.05) is 11.9 Å². The fourth-order valence-electron chi connectivity index (χ4n) is 1.93. The van der Waals surface area contributed by atoms with Crippen LogP contribution in [0, 0.1) is 20.8 Å². The number of benzene rings is 1. The van der Waals surface area contributed by atoms with E-state index < -0.39 is 0 Å². The lowest BCUT2D eigenvalue weighted by molar-refractivity contribution is -0.118. The molecule has 5 heteroatoms. The molecule has 0 aliphatic carbocycles. The molecule has 0 bridgehead atoms. The van der Waals surface area contributed by atoms with E-state index in [4.69, 9.17) is 4.74 Å². The smallest absolute Gasteiger partial charge is 0.263 e. The van der Waals surface area contributed by atoms with Gasteiger partial charge in [0.25, 0.3) is 5.91 Å². The number of rotatable bonds is 4. The Hall–Kier alpha value is -1.88. The molecule has 0 atom stereocenters. The van der Waals surface area contributed by atoms with E-state index in [-0.39, 0.29) is 12.5 Å². The minimum atomic E-state index is -0.230. The fourth-order valence-corrected chi connectivity index (χ4v) is 2.16. The van der Waals surface area contributed by atoms with Crippen molar-refractivity contribution < 1.29 is 9.53 Å². The third-order valence-corrected chi connectivity index (χ3v) is 4.19. The van der Waals surface area contributed by atoms with Crippen molar-refractivity contribution in [2.45, 2.75) is 20.8 Å². The molecule has 0 unspecified atom stereocenters. The summed E-state index contributed by atoms with van der Waals surface area (Å²) in [7, 11) is 0. The zero-order chi connectivity index (χ0) is 15.4. The number of nitrogens with zero attached hydrogens (tertiary/aromatic N) is 1. The summed E-state index contributed by atoms with van der Waals surface area (Å²) in [5.41, 5.74) is 3.00. The van der Waals surface area contributed by atoms with Gasteiger partial charge in [0.2, 0.25) is 0 Å². The van der Waals surface area contributed by atoms with Gasteiger partial charge in [0.1, 0.15) is 11.6 Å². The average molecular weight is 349 g/mol. The quantitative estimate of drug-likeness (QED) is 0.914. The van der Waals surface area contributed by atoms with Gasteiger partial charge in [-0.3, -0.25) is 4.79 Å². The molecule has 21 heavy (non-hydrogen) atoms. The molecule has 1 amide bonds. The maximum Gasteiger partial charge on any atom is 0.263 e. The van der Waals surface area contributed by atoms with E-state index in [0.29, 0.717) is 11.6 Å². The second-order valence-electron chi connectivity index (χ2n) is 4.87. The summed E-state index contributed by atoms with van der Waals surface area (Å²) in [6.07, 6.45) is 0. The summed E-state index contributed by atoms with van der Waals surface area (Å²) in [5.74, 6) is 0.985. The van der Waals surface area contributed by atoms with Crippen LogP contribution in [0.4, 0.5) is 5.82 Å². The minimum absolute atomic E-state index is 0.0455. The summed E-state index contributed by atoms with van der Waals surface area (Å²) in [4.78, 5) is 16.1. The fraction of sp³-hybridized carbons (Fsp3) is 0.250. The molecule has 0 spiro atoms. The van der Waals surface area contributed by atoms with E-state index in [1.54, 1.807) is 6.07 Å². The Balaban J connectivity index is 1.95. The van der Waals surface area contributed by atoms with Crippen molar-refractivity contribution in [3.05, 3.63) is 51.6 Å². The van der Waals surface area contributed by atoms with Gasteiger partial charge in [-0.05, 0) is 56.2 Å². The van der Waals surface area contributed by atoms with Gasteiger partial charge in [-0.15, -0.1) is 0 Å². The van der Waals surface area contributed by atoms with Crippen molar-refractivity contribution in [1.29, 1.82) is 0 Å². The predicted molar refractivity (Wildman–Crippen MR) is 86.7 cm³/mol. The summed E-state index contributed by atoms with van der Waals surface area (Å²) in [6, 6.07) is 9.27. The number of anilines is 1. The van der Waals surface area contributed by atoms with E-state index in [0.717, 1.165) is 21.3 Å². The lowest BCUT2D eigenvalue weighted by atomic mass is 10.1. The van der Waals surface area contributed by atoms with Crippen LogP contribution in [0.1, 0.15) is 16.8 Å².